The first-order valence-electron chi connectivity index (χ1n) is 9.23. The molecule has 27 heavy (non-hydrogen) atoms. The van der Waals surface area contributed by atoms with Crippen LogP contribution in [0.2, 0.25) is 5.02 Å². The highest BCUT2D eigenvalue weighted by Gasteiger charge is 2.21. The Bertz CT molecular complexity index is 771. The molecule has 0 atom stereocenters. The number of aryl methyl sites for hydroxylation is 1. The topological polar surface area (TPSA) is 44.8 Å². The van der Waals surface area contributed by atoms with Gasteiger partial charge in [-0.05, 0) is 48.9 Å². The van der Waals surface area contributed by atoms with Crippen molar-refractivity contribution in [2.75, 3.05) is 50.1 Å². The lowest BCUT2D eigenvalue weighted by molar-refractivity contribution is -0.131. The number of rotatable bonds is 6. The number of anilines is 2. The Hall–Kier alpha value is -2.40. The van der Waals surface area contributed by atoms with Gasteiger partial charge in [-0.2, -0.15) is 0 Å². The van der Waals surface area contributed by atoms with E-state index in [1.807, 2.05) is 42.2 Å². The molecular formula is C21H26ClN3O2. The van der Waals surface area contributed by atoms with Crippen molar-refractivity contribution in [1.29, 1.82) is 0 Å². The Kier molecular flexibility index (Phi) is 6.45. The quantitative estimate of drug-likeness (QED) is 0.818. The summed E-state index contributed by atoms with van der Waals surface area (Å²) in [6.45, 7) is 5.83. The third-order valence-corrected chi connectivity index (χ3v) is 5.16. The minimum atomic E-state index is 0.191. The second kappa shape index (κ2) is 9.00. The normalized spacial score (nSPS) is 14.2. The van der Waals surface area contributed by atoms with Gasteiger partial charge >= 0.3 is 0 Å². The van der Waals surface area contributed by atoms with E-state index in [1.54, 1.807) is 7.11 Å². The summed E-state index contributed by atoms with van der Waals surface area (Å²) in [4.78, 5) is 16.7. The maximum atomic E-state index is 12.5. The van der Waals surface area contributed by atoms with E-state index < -0.39 is 0 Å². The van der Waals surface area contributed by atoms with Crippen molar-refractivity contribution in [1.82, 2.24) is 4.90 Å². The third-order valence-electron chi connectivity index (χ3n) is 4.92. The smallest absolute Gasteiger partial charge is 0.224 e. The van der Waals surface area contributed by atoms with E-state index in [1.165, 1.54) is 5.69 Å². The number of ether oxygens (including phenoxy) is 1. The number of hydrogen-bond donors (Lipinski definition) is 1. The average molecular weight is 388 g/mol. The number of nitrogens with one attached hydrogen (secondary N) is 1. The number of piperazine rings is 1. The van der Waals surface area contributed by atoms with Gasteiger partial charge in [-0.25, -0.2) is 0 Å². The predicted octanol–water partition coefficient (Wildman–Crippen LogP) is 3.81. The summed E-state index contributed by atoms with van der Waals surface area (Å²) in [5.41, 5.74) is 3.28. The fourth-order valence-electron chi connectivity index (χ4n) is 3.25. The van der Waals surface area contributed by atoms with E-state index in [0.29, 0.717) is 18.0 Å². The van der Waals surface area contributed by atoms with Gasteiger partial charge in [0.05, 0.1) is 7.11 Å². The maximum Gasteiger partial charge on any atom is 0.224 e. The van der Waals surface area contributed by atoms with E-state index in [0.717, 1.165) is 43.2 Å². The van der Waals surface area contributed by atoms with Crippen molar-refractivity contribution in [2.45, 2.75) is 13.3 Å². The highest BCUT2D eigenvalue weighted by molar-refractivity contribution is 6.30. The molecule has 1 aliphatic heterocycles. The number of carbonyl (C=O) groups is 1. The van der Waals surface area contributed by atoms with Gasteiger partial charge in [0.25, 0.3) is 0 Å². The van der Waals surface area contributed by atoms with Crippen molar-refractivity contribution < 1.29 is 9.53 Å². The summed E-state index contributed by atoms with van der Waals surface area (Å²) in [7, 11) is 1.67. The predicted molar refractivity (Wildman–Crippen MR) is 111 cm³/mol. The number of hydrogen-bond acceptors (Lipinski definition) is 4. The summed E-state index contributed by atoms with van der Waals surface area (Å²) in [5.74, 6) is 1.05. The minimum Gasteiger partial charge on any atom is -0.497 e. The molecule has 2 aromatic carbocycles. The van der Waals surface area contributed by atoms with Crippen LogP contribution in [-0.2, 0) is 4.79 Å². The first-order chi connectivity index (χ1) is 13.1. The highest BCUT2D eigenvalue weighted by atomic mass is 35.5. The van der Waals surface area contributed by atoms with Crippen LogP contribution in [0.15, 0.2) is 42.5 Å². The molecule has 1 amide bonds. The fourth-order valence-corrected chi connectivity index (χ4v) is 3.43. The van der Waals surface area contributed by atoms with Gasteiger partial charge in [-0.3, -0.25) is 4.79 Å². The van der Waals surface area contributed by atoms with E-state index in [9.17, 15) is 4.79 Å². The monoisotopic (exact) mass is 387 g/mol. The highest BCUT2D eigenvalue weighted by Crippen LogP contribution is 2.21. The molecule has 144 valence electrons. The molecule has 1 fully saturated rings. The van der Waals surface area contributed by atoms with Gasteiger partial charge in [0.15, 0.2) is 0 Å². The molecule has 0 saturated carbocycles. The molecule has 0 spiro atoms. The van der Waals surface area contributed by atoms with Gasteiger partial charge in [0, 0.05) is 55.5 Å². The molecule has 0 aromatic heterocycles. The van der Waals surface area contributed by atoms with Crippen LogP contribution in [-0.4, -0.2) is 50.6 Å². The lowest BCUT2D eigenvalue weighted by atomic mass is 10.2. The molecule has 0 unspecified atom stereocenters. The molecule has 0 bridgehead atoms. The Morgan fingerprint density at radius 2 is 1.81 bits per heavy atom. The van der Waals surface area contributed by atoms with E-state index in [4.69, 9.17) is 16.3 Å². The SMILES string of the molecule is COc1ccc(N2CCN(C(=O)CCNc3cc(Cl)ccc3C)CC2)cc1. The van der Waals surface area contributed by atoms with Crippen LogP contribution in [0.4, 0.5) is 11.4 Å². The van der Waals surface area contributed by atoms with Crippen LogP contribution >= 0.6 is 11.6 Å². The van der Waals surface area contributed by atoms with E-state index >= 15 is 0 Å². The second-order valence-electron chi connectivity index (χ2n) is 6.70. The van der Waals surface area contributed by atoms with Crippen LogP contribution in [0.1, 0.15) is 12.0 Å². The molecule has 0 aliphatic carbocycles. The maximum absolute atomic E-state index is 12.5. The zero-order valence-corrected chi connectivity index (χ0v) is 16.6. The molecule has 1 saturated heterocycles. The van der Waals surface area contributed by atoms with E-state index in [-0.39, 0.29) is 5.91 Å². The van der Waals surface area contributed by atoms with Crippen molar-refractivity contribution in [3.63, 3.8) is 0 Å². The van der Waals surface area contributed by atoms with Gasteiger partial charge in [0.2, 0.25) is 5.91 Å². The van der Waals surface area contributed by atoms with Crippen molar-refractivity contribution in [2.24, 2.45) is 0 Å². The lowest BCUT2D eigenvalue weighted by Crippen LogP contribution is -2.49. The van der Waals surface area contributed by atoms with Crippen molar-refractivity contribution in [3.8, 4) is 5.75 Å². The van der Waals surface area contributed by atoms with Gasteiger partial charge < -0.3 is 19.9 Å². The van der Waals surface area contributed by atoms with E-state index in [2.05, 4.69) is 22.3 Å². The number of halogens is 1. The second-order valence-corrected chi connectivity index (χ2v) is 7.14. The Labute approximate surface area is 165 Å². The molecule has 6 heteroatoms. The molecule has 1 heterocycles. The van der Waals surface area contributed by atoms with Gasteiger partial charge in [0.1, 0.15) is 5.75 Å². The number of nitrogens with zero attached hydrogens (tertiary/aromatic N) is 2. The van der Waals surface area contributed by atoms with Crippen LogP contribution in [0.5, 0.6) is 5.75 Å². The summed E-state index contributed by atoms with van der Waals surface area (Å²) in [6, 6.07) is 13.8. The molecular weight excluding hydrogens is 362 g/mol. The molecule has 2 aromatic rings. The van der Waals surface area contributed by atoms with Crippen molar-refractivity contribution in [3.05, 3.63) is 53.1 Å². The number of carbonyl (C=O) groups excluding carboxylic acids is 1. The standard InChI is InChI=1S/C21H26ClN3O2/c1-16-3-4-17(22)15-20(16)23-10-9-21(26)25-13-11-24(12-14-25)18-5-7-19(27-2)8-6-18/h3-8,15,23H,9-14H2,1-2H3. The third kappa shape index (κ3) is 5.07. The van der Waals surface area contributed by atoms with Crippen LogP contribution < -0.4 is 15.0 Å². The first-order valence-corrected chi connectivity index (χ1v) is 9.61. The largest absolute Gasteiger partial charge is 0.497 e. The van der Waals surface area contributed by atoms with Gasteiger partial charge in [-0.1, -0.05) is 17.7 Å². The number of benzene rings is 2. The van der Waals surface area contributed by atoms with Crippen LogP contribution in [0, 0.1) is 6.92 Å². The van der Waals surface area contributed by atoms with Crippen LogP contribution in [0.25, 0.3) is 0 Å². The molecule has 0 radical (unpaired) electrons. The molecule has 1 aliphatic rings. The summed E-state index contributed by atoms with van der Waals surface area (Å²) in [6.07, 6.45) is 0.481. The summed E-state index contributed by atoms with van der Waals surface area (Å²) < 4.78 is 5.20. The molecule has 1 N–H and O–H groups in total. The van der Waals surface area contributed by atoms with Gasteiger partial charge in [-0.15, -0.1) is 0 Å². The molecule has 3 rings (SSSR count). The zero-order chi connectivity index (χ0) is 19.2. The number of amides is 1. The number of methoxy groups -OCH3 is 1. The van der Waals surface area contributed by atoms with Crippen molar-refractivity contribution >= 4 is 28.9 Å². The Balaban J connectivity index is 1.44. The Morgan fingerprint density at radius 1 is 1.11 bits per heavy atom. The molecule has 5 nitrogen and oxygen atoms in total. The fraction of sp³-hybridized carbons (Fsp3) is 0.381. The lowest BCUT2D eigenvalue weighted by Gasteiger charge is -2.36. The minimum absolute atomic E-state index is 0.191. The summed E-state index contributed by atoms with van der Waals surface area (Å²) in [5, 5.41) is 4.01. The summed E-state index contributed by atoms with van der Waals surface area (Å²) >= 11 is 6.03. The van der Waals surface area contributed by atoms with Crippen LogP contribution in [0.3, 0.4) is 0 Å². The zero-order valence-electron chi connectivity index (χ0n) is 15.9. The first kappa shape index (κ1) is 19.4. The Morgan fingerprint density at radius 3 is 2.48 bits per heavy atom. The average Bonchev–Trinajstić information content (AvgIpc) is 2.70.